The molecule has 0 spiro atoms. The van der Waals surface area contributed by atoms with Gasteiger partial charge in [0.1, 0.15) is 0 Å². The van der Waals surface area contributed by atoms with E-state index in [1.165, 1.54) is 0 Å². The van der Waals surface area contributed by atoms with Crippen molar-refractivity contribution in [1.29, 1.82) is 0 Å². The van der Waals surface area contributed by atoms with Gasteiger partial charge in [0.15, 0.2) is 0 Å². The summed E-state index contributed by atoms with van der Waals surface area (Å²) in [6, 6.07) is -0.432. The lowest BCUT2D eigenvalue weighted by Gasteiger charge is -1.96. The van der Waals surface area contributed by atoms with E-state index >= 15 is 0 Å². The van der Waals surface area contributed by atoms with Crippen LogP contribution >= 0.6 is 0 Å². The number of hydrogen-bond donors (Lipinski definition) is 4. The van der Waals surface area contributed by atoms with E-state index in [1.807, 2.05) is 0 Å². The standard InChI is InChI=1S/C5H12N2O.C3H8N2O/c1-2-3-4-7-5(6)8;1-5-3(6)2-4/h2-4H2,1H3,(H3,6,7,8);2,4H2,1H3,(H,5,6). The van der Waals surface area contributed by atoms with Gasteiger partial charge in [-0.05, 0) is 6.42 Å². The molecule has 0 saturated carbocycles. The molecule has 6 N–H and O–H groups in total. The number of unbranched alkanes of at least 4 members (excludes halogenated alkanes) is 1. The number of hydrogen-bond acceptors (Lipinski definition) is 3. The number of urea groups is 1. The Morgan fingerprint density at radius 3 is 2.14 bits per heavy atom. The summed E-state index contributed by atoms with van der Waals surface area (Å²) in [6.45, 7) is 2.84. The lowest BCUT2D eigenvalue weighted by atomic mass is 10.3. The Balaban J connectivity index is 0. The first-order valence-electron chi connectivity index (χ1n) is 4.52. The quantitative estimate of drug-likeness (QED) is 0.447. The summed E-state index contributed by atoms with van der Waals surface area (Å²) in [5.74, 6) is -0.130. The van der Waals surface area contributed by atoms with Gasteiger partial charge in [0.25, 0.3) is 0 Å². The van der Waals surface area contributed by atoms with Crippen LogP contribution in [0.1, 0.15) is 19.8 Å². The first-order chi connectivity index (χ1) is 6.58. The van der Waals surface area contributed by atoms with E-state index in [9.17, 15) is 9.59 Å². The number of primary amides is 1. The predicted octanol–water partition coefficient (Wildman–Crippen LogP) is -0.854. The lowest BCUT2D eigenvalue weighted by Crippen LogP contribution is -2.29. The molecule has 0 aliphatic rings. The van der Waals surface area contributed by atoms with Crippen molar-refractivity contribution in [3.8, 4) is 0 Å². The molecule has 0 aromatic heterocycles. The van der Waals surface area contributed by atoms with Crippen molar-refractivity contribution in [1.82, 2.24) is 10.6 Å². The van der Waals surface area contributed by atoms with Gasteiger partial charge in [-0.25, -0.2) is 4.79 Å². The molecule has 0 saturated heterocycles. The van der Waals surface area contributed by atoms with Crippen LogP contribution in [0.4, 0.5) is 4.79 Å². The summed E-state index contributed by atoms with van der Waals surface area (Å²) in [5.41, 5.74) is 9.65. The van der Waals surface area contributed by atoms with E-state index in [-0.39, 0.29) is 12.5 Å². The summed E-state index contributed by atoms with van der Waals surface area (Å²) >= 11 is 0. The van der Waals surface area contributed by atoms with Crippen LogP contribution in [0.3, 0.4) is 0 Å². The molecular weight excluding hydrogens is 184 g/mol. The number of carbonyl (C=O) groups excluding carboxylic acids is 2. The van der Waals surface area contributed by atoms with Crippen molar-refractivity contribution < 1.29 is 9.59 Å². The van der Waals surface area contributed by atoms with Gasteiger partial charge in [-0.3, -0.25) is 4.79 Å². The molecule has 0 bridgehead atoms. The Kier molecular flexibility index (Phi) is 12.7. The fourth-order valence-electron chi connectivity index (χ4n) is 0.490. The van der Waals surface area contributed by atoms with Gasteiger partial charge in [0.2, 0.25) is 5.91 Å². The molecule has 0 heterocycles. The minimum atomic E-state index is -0.432. The number of nitrogens with two attached hydrogens (primary N) is 2. The Hall–Kier alpha value is -1.30. The average Bonchev–Trinajstić information content (AvgIpc) is 2.17. The van der Waals surface area contributed by atoms with Crippen molar-refractivity contribution in [2.24, 2.45) is 11.5 Å². The van der Waals surface area contributed by atoms with E-state index in [0.717, 1.165) is 12.8 Å². The smallest absolute Gasteiger partial charge is 0.312 e. The van der Waals surface area contributed by atoms with Crippen molar-refractivity contribution >= 4 is 11.9 Å². The third kappa shape index (κ3) is 17.0. The maximum Gasteiger partial charge on any atom is 0.312 e. The van der Waals surface area contributed by atoms with Gasteiger partial charge >= 0.3 is 6.03 Å². The van der Waals surface area contributed by atoms with Gasteiger partial charge in [-0.15, -0.1) is 0 Å². The molecule has 0 aliphatic heterocycles. The molecule has 0 aliphatic carbocycles. The normalized spacial score (nSPS) is 8.21. The van der Waals surface area contributed by atoms with Gasteiger partial charge in [0, 0.05) is 13.6 Å². The largest absolute Gasteiger partial charge is 0.358 e. The van der Waals surface area contributed by atoms with Crippen LogP contribution in [0, 0.1) is 0 Å². The third-order valence-corrected chi connectivity index (χ3v) is 1.29. The molecule has 84 valence electrons. The molecule has 3 amide bonds. The molecule has 0 atom stereocenters. The maximum absolute atomic E-state index is 9.99. The van der Waals surface area contributed by atoms with Crippen molar-refractivity contribution in [3.63, 3.8) is 0 Å². The van der Waals surface area contributed by atoms with Gasteiger partial charge in [-0.2, -0.15) is 0 Å². The minimum Gasteiger partial charge on any atom is -0.358 e. The Morgan fingerprint density at radius 1 is 1.36 bits per heavy atom. The SMILES string of the molecule is CCCCNC(N)=O.CNC(=O)CN. The minimum absolute atomic E-state index is 0.0799. The van der Waals surface area contributed by atoms with Crippen LogP contribution in [0.15, 0.2) is 0 Å². The van der Waals surface area contributed by atoms with E-state index in [2.05, 4.69) is 17.6 Å². The van der Waals surface area contributed by atoms with Crippen LogP contribution in [-0.2, 0) is 4.79 Å². The van der Waals surface area contributed by atoms with Crippen LogP contribution in [0.2, 0.25) is 0 Å². The average molecular weight is 204 g/mol. The van der Waals surface area contributed by atoms with E-state index in [1.54, 1.807) is 7.05 Å². The highest BCUT2D eigenvalue weighted by molar-refractivity contribution is 5.77. The summed E-state index contributed by atoms with van der Waals surface area (Å²) in [7, 11) is 1.55. The third-order valence-electron chi connectivity index (χ3n) is 1.29. The fourth-order valence-corrected chi connectivity index (χ4v) is 0.490. The summed E-state index contributed by atoms with van der Waals surface area (Å²) in [6.07, 6.45) is 2.09. The topological polar surface area (TPSA) is 110 Å². The van der Waals surface area contributed by atoms with Crippen LogP contribution in [-0.4, -0.2) is 32.1 Å². The van der Waals surface area contributed by atoms with Crippen molar-refractivity contribution in [2.75, 3.05) is 20.1 Å². The van der Waals surface area contributed by atoms with Crippen LogP contribution < -0.4 is 22.1 Å². The zero-order valence-corrected chi connectivity index (χ0v) is 8.80. The second-order valence-corrected chi connectivity index (χ2v) is 2.52. The summed E-state index contributed by atoms with van der Waals surface area (Å²) in [4.78, 5) is 19.9. The number of nitrogens with one attached hydrogen (secondary N) is 2. The van der Waals surface area contributed by atoms with Gasteiger partial charge in [-0.1, -0.05) is 13.3 Å². The Bertz CT molecular complexity index is 155. The molecule has 0 aromatic rings. The Morgan fingerprint density at radius 2 is 1.93 bits per heavy atom. The highest BCUT2D eigenvalue weighted by Gasteiger charge is 1.86. The monoisotopic (exact) mass is 204 g/mol. The first-order valence-corrected chi connectivity index (χ1v) is 4.52. The maximum atomic E-state index is 9.99. The molecule has 0 aromatic carbocycles. The zero-order chi connectivity index (χ0) is 11.4. The molecular formula is C8H20N4O2. The molecule has 0 radical (unpaired) electrons. The second kappa shape index (κ2) is 11.7. The zero-order valence-electron chi connectivity index (χ0n) is 8.80. The molecule has 6 nitrogen and oxygen atoms in total. The summed E-state index contributed by atoms with van der Waals surface area (Å²) in [5, 5.41) is 4.84. The molecule has 0 rings (SSSR count). The van der Waals surface area contributed by atoms with Gasteiger partial charge in [0.05, 0.1) is 6.54 Å². The lowest BCUT2D eigenvalue weighted by molar-refractivity contribution is -0.119. The van der Waals surface area contributed by atoms with Crippen LogP contribution in [0.25, 0.3) is 0 Å². The first kappa shape index (κ1) is 15.2. The predicted molar refractivity (Wildman–Crippen MR) is 55.6 cm³/mol. The van der Waals surface area contributed by atoms with Crippen molar-refractivity contribution in [3.05, 3.63) is 0 Å². The highest BCUT2D eigenvalue weighted by Crippen LogP contribution is 1.80. The highest BCUT2D eigenvalue weighted by atomic mass is 16.2. The van der Waals surface area contributed by atoms with Gasteiger partial charge < -0.3 is 22.1 Å². The number of rotatable bonds is 4. The molecule has 0 unspecified atom stereocenters. The number of amides is 3. The van der Waals surface area contributed by atoms with E-state index < -0.39 is 6.03 Å². The molecule has 14 heavy (non-hydrogen) atoms. The van der Waals surface area contributed by atoms with E-state index in [0.29, 0.717) is 6.54 Å². The Labute approximate surface area is 84.4 Å². The molecule has 6 heteroatoms. The van der Waals surface area contributed by atoms with E-state index in [4.69, 9.17) is 11.5 Å². The van der Waals surface area contributed by atoms with Crippen molar-refractivity contribution in [2.45, 2.75) is 19.8 Å². The number of carbonyl (C=O) groups is 2. The number of likely N-dealkylation sites (N-methyl/N-ethyl adjacent to an activating group) is 1. The second-order valence-electron chi connectivity index (χ2n) is 2.52. The fraction of sp³-hybridized carbons (Fsp3) is 0.750. The van der Waals surface area contributed by atoms with Crippen LogP contribution in [0.5, 0.6) is 0 Å². The molecule has 0 fully saturated rings. The summed E-state index contributed by atoms with van der Waals surface area (Å²) < 4.78 is 0.